The van der Waals surface area contributed by atoms with E-state index in [0.717, 1.165) is 13.0 Å². The zero-order chi connectivity index (χ0) is 16.7. The molecule has 1 aliphatic heterocycles. The van der Waals surface area contributed by atoms with Crippen molar-refractivity contribution in [1.82, 2.24) is 4.90 Å². The third-order valence-electron chi connectivity index (χ3n) is 4.74. The third kappa shape index (κ3) is 3.21. The number of amides is 1. The van der Waals surface area contributed by atoms with Gasteiger partial charge in [0.15, 0.2) is 0 Å². The monoisotopic (exact) mass is 364 g/mol. The number of fused-ring (bicyclic) bond motifs is 1. The van der Waals surface area contributed by atoms with Gasteiger partial charge < -0.3 is 5.32 Å². The molecule has 1 N–H and O–H groups in total. The van der Waals surface area contributed by atoms with Crippen molar-refractivity contribution >= 4 is 34.5 Å². The van der Waals surface area contributed by atoms with Crippen LogP contribution in [0, 0.1) is 11.7 Å². The van der Waals surface area contributed by atoms with Gasteiger partial charge in [0, 0.05) is 22.5 Å². The van der Waals surface area contributed by atoms with E-state index >= 15 is 0 Å². The van der Waals surface area contributed by atoms with Crippen LogP contribution in [0.4, 0.5) is 10.1 Å². The van der Waals surface area contributed by atoms with Crippen LogP contribution < -0.4 is 5.32 Å². The minimum Gasteiger partial charge on any atom is -0.322 e. The number of nitrogens with zero attached hydrogens (tertiary/aromatic N) is 1. The Labute approximate surface area is 149 Å². The molecule has 0 radical (unpaired) electrons. The number of rotatable bonds is 4. The largest absolute Gasteiger partial charge is 0.322 e. The molecule has 0 spiro atoms. The van der Waals surface area contributed by atoms with Gasteiger partial charge >= 0.3 is 0 Å². The highest BCUT2D eigenvalue weighted by Gasteiger charge is 2.40. The standard InChI is InChI=1S/C18H18ClFN2OS/c19-12-3-4-15(14(20)9-12)21-17(23)10-22-7-5-16-13(6-8-24-16)18(22)11-1-2-11/h3-4,6,8-9,11,18H,1-2,5,7,10H2,(H,21,23)/t18-/m1/s1. The summed E-state index contributed by atoms with van der Waals surface area (Å²) >= 11 is 7.56. The van der Waals surface area contributed by atoms with E-state index in [9.17, 15) is 9.18 Å². The smallest absolute Gasteiger partial charge is 0.238 e. The van der Waals surface area contributed by atoms with Gasteiger partial charge in [0.2, 0.25) is 5.91 Å². The highest BCUT2D eigenvalue weighted by atomic mass is 35.5. The van der Waals surface area contributed by atoms with Gasteiger partial charge in [-0.2, -0.15) is 0 Å². The Morgan fingerprint density at radius 3 is 2.96 bits per heavy atom. The Morgan fingerprint density at radius 2 is 2.21 bits per heavy atom. The SMILES string of the molecule is O=C(CN1CCc2sccc2[C@H]1C1CC1)Nc1ccc(Cl)cc1F. The van der Waals surface area contributed by atoms with Gasteiger partial charge in [0.05, 0.1) is 12.2 Å². The number of hydrogen-bond acceptors (Lipinski definition) is 3. The molecule has 1 atom stereocenters. The van der Waals surface area contributed by atoms with Crippen LogP contribution in [0.25, 0.3) is 0 Å². The second-order valence-corrected chi connectivity index (χ2v) is 7.91. The van der Waals surface area contributed by atoms with Crippen LogP contribution in [0.15, 0.2) is 29.6 Å². The summed E-state index contributed by atoms with van der Waals surface area (Å²) in [4.78, 5) is 16.1. The minimum atomic E-state index is -0.506. The molecule has 126 valence electrons. The second kappa shape index (κ2) is 6.47. The highest BCUT2D eigenvalue weighted by molar-refractivity contribution is 7.10. The molecule has 2 aliphatic rings. The van der Waals surface area contributed by atoms with Crippen molar-refractivity contribution in [3.8, 4) is 0 Å². The molecule has 24 heavy (non-hydrogen) atoms. The van der Waals surface area contributed by atoms with E-state index in [1.165, 1.54) is 35.4 Å². The lowest BCUT2D eigenvalue weighted by atomic mass is 9.96. The number of benzene rings is 1. The van der Waals surface area contributed by atoms with Gasteiger partial charge in [0.25, 0.3) is 0 Å². The van der Waals surface area contributed by atoms with Gasteiger partial charge in [-0.3, -0.25) is 9.69 Å². The van der Waals surface area contributed by atoms with E-state index in [4.69, 9.17) is 11.6 Å². The number of anilines is 1. The normalized spacial score (nSPS) is 20.7. The van der Waals surface area contributed by atoms with Crippen LogP contribution >= 0.6 is 22.9 Å². The molecule has 2 aromatic rings. The van der Waals surface area contributed by atoms with Gasteiger partial charge in [-0.05, 0) is 60.4 Å². The molecule has 1 fully saturated rings. The Balaban J connectivity index is 1.47. The molecule has 0 bridgehead atoms. The fraction of sp³-hybridized carbons (Fsp3) is 0.389. The lowest BCUT2D eigenvalue weighted by Crippen LogP contribution is -2.41. The molecule has 1 amide bonds. The Morgan fingerprint density at radius 1 is 1.38 bits per heavy atom. The lowest BCUT2D eigenvalue weighted by molar-refractivity contribution is -0.118. The zero-order valence-corrected chi connectivity index (χ0v) is 14.7. The van der Waals surface area contributed by atoms with Crippen LogP contribution in [0.1, 0.15) is 29.3 Å². The van der Waals surface area contributed by atoms with Crippen LogP contribution in [0.2, 0.25) is 5.02 Å². The number of halogens is 2. The summed E-state index contributed by atoms with van der Waals surface area (Å²) in [7, 11) is 0. The molecule has 0 unspecified atom stereocenters. The number of thiophene rings is 1. The predicted molar refractivity (Wildman–Crippen MR) is 95.1 cm³/mol. The summed E-state index contributed by atoms with van der Waals surface area (Å²) in [6, 6.07) is 6.82. The summed E-state index contributed by atoms with van der Waals surface area (Å²) in [5.41, 5.74) is 1.57. The quantitative estimate of drug-likeness (QED) is 0.867. The number of carbonyl (C=O) groups is 1. The first kappa shape index (κ1) is 16.1. The highest BCUT2D eigenvalue weighted by Crippen LogP contribution is 2.48. The molecular weight excluding hydrogens is 347 g/mol. The molecule has 6 heteroatoms. The van der Waals surface area contributed by atoms with Crippen molar-refractivity contribution in [2.45, 2.75) is 25.3 Å². The number of nitrogens with one attached hydrogen (secondary N) is 1. The first-order valence-electron chi connectivity index (χ1n) is 8.17. The average Bonchev–Trinajstić information content (AvgIpc) is 3.26. The van der Waals surface area contributed by atoms with Gasteiger partial charge in [-0.1, -0.05) is 11.6 Å². The van der Waals surface area contributed by atoms with Gasteiger partial charge in [-0.25, -0.2) is 4.39 Å². The van der Waals surface area contributed by atoms with E-state index < -0.39 is 5.82 Å². The summed E-state index contributed by atoms with van der Waals surface area (Å²) in [5, 5.41) is 5.14. The van der Waals surface area contributed by atoms with E-state index in [0.29, 0.717) is 23.5 Å². The fourth-order valence-corrected chi connectivity index (χ4v) is 4.58. The zero-order valence-electron chi connectivity index (χ0n) is 13.1. The van der Waals surface area contributed by atoms with Crippen LogP contribution in [-0.4, -0.2) is 23.9 Å². The molecule has 2 heterocycles. The van der Waals surface area contributed by atoms with Crippen molar-refractivity contribution in [3.05, 3.63) is 50.9 Å². The molecule has 1 aromatic heterocycles. The molecule has 4 rings (SSSR count). The van der Waals surface area contributed by atoms with E-state index in [2.05, 4.69) is 21.7 Å². The first-order chi connectivity index (χ1) is 11.6. The summed E-state index contributed by atoms with van der Waals surface area (Å²) in [5.74, 6) is -0.0346. The summed E-state index contributed by atoms with van der Waals surface area (Å²) in [6.45, 7) is 1.17. The first-order valence-corrected chi connectivity index (χ1v) is 9.43. The van der Waals surface area contributed by atoms with Crippen LogP contribution in [-0.2, 0) is 11.2 Å². The minimum absolute atomic E-state index is 0.180. The lowest BCUT2D eigenvalue weighted by Gasteiger charge is -2.35. The maximum atomic E-state index is 13.8. The fourth-order valence-electron chi connectivity index (χ4n) is 3.50. The Kier molecular flexibility index (Phi) is 4.33. The summed E-state index contributed by atoms with van der Waals surface area (Å²) < 4.78 is 13.8. The van der Waals surface area contributed by atoms with Crippen LogP contribution in [0.5, 0.6) is 0 Å². The van der Waals surface area contributed by atoms with Crippen molar-refractivity contribution < 1.29 is 9.18 Å². The van der Waals surface area contributed by atoms with Crippen molar-refractivity contribution in [2.75, 3.05) is 18.4 Å². The molecule has 1 saturated carbocycles. The van der Waals surface area contributed by atoms with Gasteiger partial charge in [-0.15, -0.1) is 11.3 Å². The van der Waals surface area contributed by atoms with E-state index in [-0.39, 0.29) is 11.6 Å². The third-order valence-corrected chi connectivity index (χ3v) is 5.97. The number of hydrogen-bond donors (Lipinski definition) is 1. The topological polar surface area (TPSA) is 32.3 Å². The number of carbonyl (C=O) groups excluding carboxylic acids is 1. The molecular formula is C18H18ClFN2OS. The van der Waals surface area contributed by atoms with E-state index in [1.54, 1.807) is 6.07 Å². The molecule has 1 aliphatic carbocycles. The molecule has 0 saturated heterocycles. The van der Waals surface area contributed by atoms with Crippen molar-refractivity contribution in [2.24, 2.45) is 5.92 Å². The molecule has 3 nitrogen and oxygen atoms in total. The Hall–Kier alpha value is -1.43. The average molecular weight is 365 g/mol. The maximum Gasteiger partial charge on any atom is 0.238 e. The van der Waals surface area contributed by atoms with Crippen LogP contribution in [0.3, 0.4) is 0 Å². The van der Waals surface area contributed by atoms with Gasteiger partial charge in [0.1, 0.15) is 5.82 Å². The van der Waals surface area contributed by atoms with Crippen molar-refractivity contribution in [3.63, 3.8) is 0 Å². The summed E-state index contributed by atoms with van der Waals surface area (Å²) in [6.07, 6.45) is 3.44. The molecule has 1 aromatic carbocycles. The van der Waals surface area contributed by atoms with Crippen molar-refractivity contribution in [1.29, 1.82) is 0 Å². The predicted octanol–water partition coefficient (Wildman–Crippen LogP) is 4.49. The Bertz CT molecular complexity index is 774. The van der Waals surface area contributed by atoms with E-state index in [1.807, 2.05) is 11.3 Å². The second-order valence-electron chi connectivity index (χ2n) is 6.47. The maximum absolute atomic E-state index is 13.8.